The number of allylic oxidation sites excluding steroid dienone is 2. The van der Waals surface area contributed by atoms with Gasteiger partial charge in [0, 0.05) is 5.92 Å². The zero-order valence-electron chi connectivity index (χ0n) is 14.3. The zero-order valence-corrected chi connectivity index (χ0v) is 14.3. The number of aromatic nitrogens is 2. The molecule has 24 heavy (non-hydrogen) atoms. The van der Waals surface area contributed by atoms with Crippen LogP contribution < -0.4 is 0 Å². The van der Waals surface area contributed by atoms with Crippen LogP contribution in [0.4, 0.5) is 4.39 Å². The molecule has 1 aromatic heterocycles. The zero-order chi connectivity index (χ0) is 16.7. The molecule has 1 saturated carbocycles. The van der Waals surface area contributed by atoms with E-state index < -0.39 is 0 Å². The van der Waals surface area contributed by atoms with E-state index in [2.05, 4.69) is 23.2 Å². The molecule has 0 bridgehead atoms. The van der Waals surface area contributed by atoms with Crippen LogP contribution >= 0.6 is 0 Å². The van der Waals surface area contributed by atoms with Gasteiger partial charge in [-0.25, -0.2) is 4.39 Å². The van der Waals surface area contributed by atoms with Gasteiger partial charge in [-0.05, 0) is 69.6 Å². The number of hydrogen-bond acceptors (Lipinski definition) is 3. The van der Waals surface area contributed by atoms with Crippen LogP contribution in [0.25, 0.3) is 0 Å². The molecule has 4 heteroatoms. The molecule has 0 N–H and O–H groups in total. The van der Waals surface area contributed by atoms with Crippen LogP contribution in [0.2, 0.25) is 0 Å². The Kier molecular flexibility index (Phi) is 3.78. The highest BCUT2D eigenvalue weighted by atomic mass is 19.1. The standard InChI is InChI=1S/C20H23FN2O/c1-13-4-3-9-20(11-13,12-15-6-5-14(2)17(21)10-15)19-23-22-18(24-19)16-7-8-16/h5-6,10-11,16H,3-4,7-9,12H2,1-2H3. The molecule has 4 rings (SSSR count). The van der Waals surface area contributed by atoms with E-state index in [1.54, 1.807) is 13.0 Å². The second-order valence-corrected chi connectivity index (χ2v) is 7.48. The van der Waals surface area contributed by atoms with Crippen molar-refractivity contribution in [2.75, 3.05) is 0 Å². The summed E-state index contributed by atoms with van der Waals surface area (Å²) >= 11 is 0. The van der Waals surface area contributed by atoms with Gasteiger partial charge in [-0.2, -0.15) is 0 Å². The van der Waals surface area contributed by atoms with Gasteiger partial charge in [0.05, 0.1) is 5.41 Å². The number of nitrogens with zero attached hydrogens (tertiary/aromatic N) is 2. The summed E-state index contributed by atoms with van der Waals surface area (Å²) in [6.45, 7) is 3.95. The summed E-state index contributed by atoms with van der Waals surface area (Å²) in [5, 5.41) is 8.67. The molecule has 2 aliphatic carbocycles. The fourth-order valence-corrected chi connectivity index (χ4v) is 3.72. The highest BCUT2D eigenvalue weighted by Gasteiger charge is 2.39. The molecule has 0 aliphatic heterocycles. The maximum absolute atomic E-state index is 14.0. The highest BCUT2D eigenvalue weighted by molar-refractivity contribution is 5.31. The summed E-state index contributed by atoms with van der Waals surface area (Å²) in [5.41, 5.74) is 2.71. The molecule has 126 valence electrons. The van der Waals surface area contributed by atoms with Crippen LogP contribution in [0, 0.1) is 12.7 Å². The quantitative estimate of drug-likeness (QED) is 0.742. The summed E-state index contributed by atoms with van der Waals surface area (Å²) in [7, 11) is 0. The average molecular weight is 326 g/mol. The van der Waals surface area contributed by atoms with Gasteiger partial charge in [-0.1, -0.05) is 23.8 Å². The minimum atomic E-state index is -0.301. The fraction of sp³-hybridized carbons (Fsp3) is 0.500. The molecule has 0 spiro atoms. The molecule has 1 fully saturated rings. The number of halogens is 1. The van der Waals surface area contributed by atoms with E-state index >= 15 is 0 Å². The lowest BCUT2D eigenvalue weighted by Gasteiger charge is -2.31. The number of benzene rings is 1. The van der Waals surface area contributed by atoms with Crippen LogP contribution in [0.1, 0.15) is 67.9 Å². The number of hydrogen-bond donors (Lipinski definition) is 0. The smallest absolute Gasteiger partial charge is 0.226 e. The van der Waals surface area contributed by atoms with E-state index in [0.29, 0.717) is 23.8 Å². The first-order valence-electron chi connectivity index (χ1n) is 8.83. The van der Waals surface area contributed by atoms with Gasteiger partial charge in [0.25, 0.3) is 0 Å². The van der Waals surface area contributed by atoms with E-state index in [0.717, 1.165) is 43.6 Å². The number of rotatable bonds is 4. The first kappa shape index (κ1) is 15.6. The molecular formula is C20H23FN2O. The van der Waals surface area contributed by atoms with Crippen LogP contribution in [0.5, 0.6) is 0 Å². The van der Waals surface area contributed by atoms with Gasteiger partial charge < -0.3 is 4.42 Å². The van der Waals surface area contributed by atoms with E-state index in [1.165, 1.54) is 5.57 Å². The Morgan fingerprint density at radius 3 is 2.79 bits per heavy atom. The predicted molar refractivity (Wildman–Crippen MR) is 90.4 cm³/mol. The molecule has 3 nitrogen and oxygen atoms in total. The second kappa shape index (κ2) is 5.83. The third kappa shape index (κ3) is 2.90. The van der Waals surface area contributed by atoms with Crippen molar-refractivity contribution >= 4 is 0 Å². The van der Waals surface area contributed by atoms with E-state index in [4.69, 9.17) is 4.42 Å². The van der Waals surface area contributed by atoms with Crippen molar-refractivity contribution in [2.45, 2.75) is 63.7 Å². The third-order valence-corrected chi connectivity index (χ3v) is 5.27. The van der Waals surface area contributed by atoms with Gasteiger partial charge in [0.2, 0.25) is 11.8 Å². The topological polar surface area (TPSA) is 38.9 Å². The monoisotopic (exact) mass is 326 g/mol. The lowest BCUT2D eigenvalue weighted by atomic mass is 9.72. The van der Waals surface area contributed by atoms with E-state index in [1.807, 2.05) is 12.1 Å². The lowest BCUT2D eigenvalue weighted by Crippen LogP contribution is -2.30. The van der Waals surface area contributed by atoms with Crippen LogP contribution in [-0.2, 0) is 11.8 Å². The Balaban J connectivity index is 1.72. The molecule has 1 heterocycles. The first-order valence-corrected chi connectivity index (χ1v) is 8.83. The molecule has 0 radical (unpaired) electrons. The van der Waals surface area contributed by atoms with Crippen LogP contribution in [0.3, 0.4) is 0 Å². The largest absolute Gasteiger partial charge is 0.424 e. The summed E-state index contributed by atoms with van der Waals surface area (Å²) in [5.74, 6) is 1.78. The van der Waals surface area contributed by atoms with Crippen molar-refractivity contribution in [2.24, 2.45) is 0 Å². The van der Waals surface area contributed by atoms with Crippen molar-refractivity contribution in [1.82, 2.24) is 10.2 Å². The van der Waals surface area contributed by atoms with Gasteiger partial charge in [0.15, 0.2) is 0 Å². The average Bonchev–Trinajstić information content (AvgIpc) is 3.28. The van der Waals surface area contributed by atoms with Crippen molar-refractivity contribution in [3.05, 3.63) is 58.6 Å². The molecule has 1 unspecified atom stereocenters. The third-order valence-electron chi connectivity index (χ3n) is 5.27. The van der Waals surface area contributed by atoms with E-state index in [-0.39, 0.29) is 11.2 Å². The Morgan fingerprint density at radius 2 is 2.08 bits per heavy atom. The lowest BCUT2D eigenvalue weighted by molar-refractivity contribution is 0.326. The van der Waals surface area contributed by atoms with Gasteiger partial charge >= 0.3 is 0 Å². The maximum atomic E-state index is 14.0. The minimum Gasteiger partial charge on any atom is -0.424 e. The predicted octanol–water partition coefficient (Wildman–Crippen LogP) is 5.01. The fourth-order valence-electron chi connectivity index (χ4n) is 3.72. The Bertz CT molecular complexity index is 791. The molecule has 2 aromatic rings. The summed E-state index contributed by atoms with van der Waals surface area (Å²) < 4.78 is 20.1. The van der Waals surface area contributed by atoms with Crippen molar-refractivity contribution < 1.29 is 8.81 Å². The van der Waals surface area contributed by atoms with Crippen LogP contribution in [0.15, 0.2) is 34.3 Å². The summed E-state index contributed by atoms with van der Waals surface area (Å²) in [6.07, 6.45) is 8.43. The first-order chi connectivity index (χ1) is 11.6. The molecule has 0 saturated heterocycles. The Labute approximate surface area is 142 Å². The Morgan fingerprint density at radius 1 is 1.25 bits per heavy atom. The molecular weight excluding hydrogens is 303 g/mol. The van der Waals surface area contributed by atoms with Crippen LogP contribution in [-0.4, -0.2) is 10.2 Å². The molecule has 1 atom stereocenters. The van der Waals surface area contributed by atoms with Gasteiger partial charge in [-0.15, -0.1) is 10.2 Å². The van der Waals surface area contributed by atoms with Gasteiger partial charge in [-0.3, -0.25) is 0 Å². The Hall–Kier alpha value is -1.97. The molecule has 0 amide bonds. The molecule has 2 aliphatic rings. The highest BCUT2D eigenvalue weighted by Crippen LogP contribution is 2.43. The van der Waals surface area contributed by atoms with Crippen molar-refractivity contribution in [3.8, 4) is 0 Å². The van der Waals surface area contributed by atoms with Crippen molar-refractivity contribution in [1.29, 1.82) is 0 Å². The van der Waals surface area contributed by atoms with Gasteiger partial charge in [0.1, 0.15) is 5.82 Å². The number of aryl methyl sites for hydroxylation is 1. The van der Waals surface area contributed by atoms with E-state index in [9.17, 15) is 4.39 Å². The molecule has 1 aromatic carbocycles. The summed E-state index contributed by atoms with van der Waals surface area (Å²) in [6, 6.07) is 5.50. The summed E-state index contributed by atoms with van der Waals surface area (Å²) in [4.78, 5) is 0. The normalized spacial score (nSPS) is 24.0. The van der Waals surface area contributed by atoms with Crippen molar-refractivity contribution in [3.63, 3.8) is 0 Å². The maximum Gasteiger partial charge on any atom is 0.226 e. The second-order valence-electron chi connectivity index (χ2n) is 7.48. The SMILES string of the molecule is CC1=CC(Cc2ccc(C)c(F)c2)(c2nnc(C3CC3)o2)CCC1. The minimum absolute atomic E-state index is 0.150.